The summed E-state index contributed by atoms with van der Waals surface area (Å²) in [6, 6.07) is 0. The number of carbonyl (C=O) groups excluding carboxylic acids is 2. The molecule has 0 aliphatic heterocycles. The highest BCUT2D eigenvalue weighted by Crippen LogP contribution is 1.92. The van der Waals surface area contributed by atoms with Gasteiger partial charge in [0.2, 0.25) is 0 Å². The first-order valence-corrected chi connectivity index (χ1v) is 2.75. The maximum Gasteiger partial charge on any atom is 0.324 e. The van der Waals surface area contributed by atoms with Gasteiger partial charge in [-0.1, -0.05) is 6.58 Å². The second kappa shape index (κ2) is 4.69. The van der Waals surface area contributed by atoms with Crippen LogP contribution in [0.15, 0.2) is 12.7 Å². The molecule has 0 unspecified atom stereocenters. The normalized spacial score (nSPS) is 8.50. The van der Waals surface area contributed by atoms with Crippen LogP contribution in [0.2, 0.25) is 0 Å². The zero-order valence-corrected chi connectivity index (χ0v) is 5.50. The molecular weight excluding hydrogens is 134 g/mol. The fraction of sp³-hybridized carbons (Fsp3) is 0.333. The zero-order chi connectivity index (χ0) is 7.98. The molecule has 10 heavy (non-hydrogen) atoms. The Bertz CT molecular complexity index is 153. The Morgan fingerprint density at radius 3 is 2.50 bits per heavy atom. The second-order valence-electron chi connectivity index (χ2n) is 1.66. The van der Waals surface area contributed by atoms with Gasteiger partial charge in [-0.05, 0) is 6.08 Å². The van der Waals surface area contributed by atoms with Crippen molar-refractivity contribution in [2.75, 3.05) is 0 Å². The molecule has 0 fully saturated rings. The van der Waals surface area contributed by atoms with Crippen LogP contribution < -0.4 is 5.90 Å². The largest absolute Gasteiger partial charge is 0.373 e. The lowest BCUT2D eigenvalue weighted by Crippen LogP contribution is -2.10. The van der Waals surface area contributed by atoms with E-state index in [2.05, 4.69) is 17.3 Å². The van der Waals surface area contributed by atoms with Crippen LogP contribution in [0.4, 0.5) is 0 Å². The lowest BCUT2D eigenvalue weighted by Gasteiger charge is -1.93. The van der Waals surface area contributed by atoms with Crippen LogP contribution in [-0.4, -0.2) is 11.8 Å². The maximum absolute atomic E-state index is 10.5. The van der Waals surface area contributed by atoms with Crippen molar-refractivity contribution in [1.82, 2.24) is 0 Å². The highest BCUT2D eigenvalue weighted by molar-refractivity contribution is 5.91. The summed E-state index contributed by atoms with van der Waals surface area (Å²) in [5.41, 5.74) is 0. The summed E-state index contributed by atoms with van der Waals surface area (Å²) in [4.78, 5) is 24.6. The van der Waals surface area contributed by atoms with E-state index in [1.54, 1.807) is 0 Å². The molecule has 0 bridgehead atoms. The molecule has 0 aromatic carbocycles. The number of allylic oxidation sites excluding steroid dienone is 1. The summed E-state index contributed by atoms with van der Waals surface area (Å²) < 4.78 is 0. The van der Waals surface area contributed by atoms with Crippen molar-refractivity contribution in [2.24, 2.45) is 5.90 Å². The molecule has 0 spiro atoms. The number of carbonyl (C=O) groups is 2. The number of ketones is 1. The van der Waals surface area contributed by atoms with Crippen LogP contribution in [0.5, 0.6) is 0 Å². The van der Waals surface area contributed by atoms with Crippen molar-refractivity contribution in [3.05, 3.63) is 12.7 Å². The van der Waals surface area contributed by atoms with Crippen LogP contribution in [0.25, 0.3) is 0 Å². The molecule has 0 aromatic rings. The van der Waals surface area contributed by atoms with Crippen molar-refractivity contribution < 1.29 is 14.4 Å². The lowest BCUT2D eigenvalue weighted by molar-refractivity contribution is -0.145. The van der Waals surface area contributed by atoms with E-state index in [0.717, 1.165) is 6.08 Å². The van der Waals surface area contributed by atoms with Gasteiger partial charge in [-0.15, -0.1) is 0 Å². The molecule has 0 saturated carbocycles. The van der Waals surface area contributed by atoms with E-state index in [1.165, 1.54) is 0 Å². The molecule has 0 amide bonds. The van der Waals surface area contributed by atoms with Gasteiger partial charge in [0.05, 0.1) is 6.42 Å². The minimum Gasteiger partial charge on any atom is -0.373 e. The van der Waals surface area contributed by atoms with Gasteiger partial charge in [0, 0.05) is 6.42 Å². The third-order valence-electron chi connectivity index (χ3n) is 0.935. The Morgan fingerprint density at radius 1 is 1.50 bits per heavy atom. The fourth-order valence-electron chi connectivity index (χ4n) is 0.386. The number of hydrogen-bond acceptors (Lipinski definition) is 4. The van der Waals surface area contributed by atoms with Crippen molar-refractivity contribution in [2.45, 2.75) is 12.8 Å². The summed E-state index contributed by atoms with van der Waals surface area (Å²) >= 11 is 0. The Hall–Kier alpha value is -1.16. The molecule has 0 aliphatic rings. The Labute approximate surface area is 58.6 Å². The summed E-state index contributed by atoms with van der Waals surface area (Å²) in [5.74, 6) is 3.74. The summed E-state index contributed by atoms with van der Waals surface area (Å²) in [6.07, 6.45) is 1.28. The summed E-state index contributed by atoms with van der Waals surface area (Å²) in [5, 5.41) is 0. The van der Waals surface area contributed by atoms with Gasteiger partial charge in [-0.25, -0.2) is 0 Å². The molecule has 4 heteroatoms. The first-order valence-electron chi connectivity index (χ1n) is 2.75. The van der Waals surface area contributed by atoms with E-state index in [0.29, 0.717) is 0 Å². The molecule has 0 aliphatic carbocycles. The van der Waals surface area contributed by atoms with E-state index in [1.807, 2.05) is 0 Å². The van der Waals surface area contributed by atoms with E-state index in [-0.39, 0.29) is 18.6 Å². The predicted octanol–water partition coefficient (Wildman–Crippen LogP) is -0.0614. The quantitative estimate of drug-likeness (QED) is 0.442. The molecule has 2 N–H and O–H groups in total. The third kappa shape index (κ3) is 3.80. The van der Waals surface area contributed by atoms with Gasteiger partial charge in [0.15, 0.2) is 5.78 Å². The maximum atomic E-state index is 10.5. The summed E-state index contributed by atoms with van der Waals surface area (Å²) in [6.45, 7) is 3.23. The van der Waals surface area contributed by atoms with Crippen LogP contribution in [-0.2, 0) is 14.4 Å². The first-order chi connectivity index (χ1) is 4.70. The van der Waals surface area contributed by atoms with Crippen molar-refractivity contribution in [1.29, 1.82) is 0 Å². The standard InChI is InChI=1S/C6H9NO3/c1-2-5(8)3-4-6(9)10-7/h2H,1,3-4,7H2. The van der Waals surface area contributed by atoms with Gasteiger partial charge in [0.25, 0.3) is 0 Å². The van der Waals surface area contributed by atoms with Crippen LogP contribution >= 0.6 is 0 Å². The molecule has 0 atom stereocenters. The minimum absolute atomic E-state index is 0.0152. The fourth-order valence-corrected chi connectivity index (χ4v) is 0.386. The van der Waals surface area contributed by atoms with Gasteiger partial charge in [-0.2, -0.15) is 5.90 Å². The molecule has 0 aromatic heterocycles. The number of nitrogens with two attached hydrogens (primary N) is 1. The van der Waals surface area contributed by atoms with Gasteiger partial charge >= 0.3 is 5.97 Å². The first kappa shape index (κ1) is 8.84. The van der Waals surface area contributed by atoms with Crippen LogP contribution in [0.3, 0.4) is 0 Å². The zero-order valence-electron chi connectivity index (χ0n) is 5.50. The van der Waals surface area contributed by atoms with E-state index < -0.39 is 5.97 Å². The lowest BCUT2D eigenvalue weighted by atomic mass is 10.2. The van der Waals surface area contributed by atoms with Crippen molar-refractivity contribution >= 4 is 11.8 Å². The molecule has 4 nitrogen and oxygen atoms in total. The smallest absolute Gasteiger partial charge is 0.324 e. The van der Waals surface area contributed by atoms with Crippen LogP contribution in [0.1, 0.15) is 12.8 Å². The molecule has 0 heterocycles. The SMILES string of the molecule is C=CC(=O)CCC(=O)ON. The van der Waals surface area contributed by atoms with Gasteiger partial charge in [-0.3, -0.25) is 9.59 Å². The van der Waals surface area contributed by atoms with Crippen molar-refractivity contribution in [3.63, 3.8) is 0 Å². The van der Waals surface area contributed by atoms with E-state index in [9.17, 15) is 9.59 Å². The highest BCUT2D eigenvalue weighted by Gasteiger charge is 2.02. The molecule has 0 radical (unpaired) electrons. The second-order valence-corrected chi connectivity index (χ2v) is 1.66. The van der Waals surface area contributed by atoms with E-state index >= 15 is 0 Å². The predicted molar refractivity (Wildman–Crippen MR) is 34.7 cm³/mol. The summed E-state index contributed by atoms with van der Waals surface area (Å²) in [7, 11) is 0. The number of rotatable bonds is 4. The van der Waals surface area contributed by atoms with Gasteiger partial charge in [0.1, 0.15) is 0 Å². The Balaban J connectivity index is 3.44. The minimum atomic E-state index is -0.588. The average Bonchev–Trinajstić information content (AvgIpc) is 1.99. The molecule has 0 saturated heterocycles. The topological polar surface area (TPSA) is 69.4 Å². The molecular formula is C6H9NO3. The van der Waals surface area contributed by atoms with Crippen LogP contribution in [0, 0.1) is 0 Å². The Morgan fingerprint density at radius 2 is 2.10 bits per heavy atom. The number of hydrogen-bond donors (Lipinski definition) is 1. The van der Waals surface area contributed by atoms with E-state index in [4.69, 9.17) is 0 Å². The third-order valence-corrected chi connectivity index (χ3v) is 0.935. The van der Waals surface area contributed by atoms with Gasteiger partial charge < -0.3 is 4.84 Å². The molecule has 0 rings (SSSR count). The monoisotopic (exact) mass is 143 g/mol. The highest BCUT2D eigenvalue weighted by atomic mass is 16.7. The Kier molecular flexibility index (Phi) is 4.15. The molecule has 56 valence electrons. The average molecular weight is 143 g/mol. The van der Waals surface area contributed by atoms with Crippen molar-refractivity contribution in [3.8, 4) is 0 Å².